The summed E-state index contributed by atoms with van der Waals surface area (Å²) in [5.41, 5.74) is 1.55. The Labute approximate surface area is 303 Å². The van der Waals surface area contributed by atoms with Crippen LogP contribution in [0.25, 0.3) is 0 Å². The van der Waals surface area contributed by atoms with E-state index in [9.17, 15) is 28.1 Å². The molecule has 0 aromatic heterocycles. The first-order valence-corrected chi connectivity index (χ1v) is 18.6. The van der Waals surface area contributed by atoms with Gasteiger partial charge in [-0.2, -0.15) is 0 Å². The Bertz CT molecular complexity index is 1940. The quantitative estimate of drug-likeness (QED) is 0.111. The third-order valence-electron chi connectivity index (χ3n) is 9.09. The zero-order chi connectivity index (χ0) is 36.5. The van der Waals surface area contributed by atoms with Crippen LogP contribution in [0.3, 0.4) is 0 Å². The Morgan fingerprint density at radius 2 is 1.61 bits per heavy atom. The molecule has 0 saturated heterocycles. The maximum absolute atomic E-state index is 14.7. The van der Waals surface area contributed by atoms with Crippen molar-refractivity contribution in [2.75, 3.05) is 18.0 Å². The lowest BCUT2D eigenvalue weighted by Crippen LogP contribution is -2.55. The van der Waals surface area contributed by atoms with Crippen molar-refractivity contribution in [3.05, 3.63) is 129 Å². The minimum Gasteiger partial charge on any atom is -0.497 e. The summed E-state index contributed by atoms with van der Waals surface area (Å²) >= 11 is 6.18. The molecule has 2 amide bonds. The summed E-state index contributed by atoms with van der Waals surface area (Å²) in [6, 6.07) is 24.9. The highest BCUT2D eigenvalue weighted by molar-refractivity contribution is 7.92. The highest BCUT2D eigenvalue weighted by atomic mass is 35.5. The van der Waals surface area contributed by atoms with E-state index < -0.39 is 33.4 Å². The number of hydrogen-bond acceptors (Lipinski definition) is 7. The van der Waals surface area contributed by atoms with Crippen LogP contribution in [0.1, 0.15) is 48.8 Å². The van der Waals surface area contributed by atoms with E-state index in [4.69, 9.17) is 16.3 Å². The number of hydrogen-bond donors (Lipinski definition) is 1. The lowest BCUT2D eigenvalue weighted by molar-refractivity contribution is -0.385. The zero-order valence-corrected chi connectivity index (χ0v) is 30.1. The van der Waals surface area contributed by atoms with E-state index in [1.807, 2.05) is 30.3 Å². The number of nitro groups is 1. The number of nitro benzene ring substituents is 1. The van der Waals surface area contributed by atoms with Crippen LogP contribution >= 0.6 is 11.6 Å². The van der Waals surface area contributed by atoms with Crippen LogP contribution in [0.4, 0.5) is 11.4 Å². The molecule has 0 radical (unpaired) electrons. The van der Waals surface area contributed by atoms with Gasteiger partial charge in [-0.05, 0) is 73.4 Å². The summed E-state index contributed by atoms with van der Waals surface area (Å²) in [6.07, 6.45) is 4.93. The molecular weight excluding hydrogens is 692 g/mol. The van der Waals surface area contributed by atoms with Crippen molar-refractivity contribution < 1.29 is 27.7 Å². The van der Waals surface area contributed by atoms with E-state index in [0.717, 1.165) is 48.0 Å². The van der Waals surface area contributed by atoms with E-state index in [-0.39, 0.29) is 46.7 Å². The second-order valence-electron chi connectivity index (χ2n) is 12.6. The van der Waals surface area contributed by atoms with Crippen molar-refractivity contribution in [2.45, 2.75) is 69.0 Å². The average Bonchev–Trinajstić information content (AvgIpc) is 3.13. The van der Waals surface area contributed by atoms with Crippen molar-refractivity contribution in [2.24, 2.45) is 0 Å². The first-order valence-electron chi connectivity index (χ1n) is 16.8. The summed E-state index contributed by atoms with van der Waals surface area (Å²) in [6.45, 7) is 0.795. The standard InChI is InChI=1S/C38H41ClN4O7S/c1-27-13-22-34(24-35(27)43(46)47)51(48,49)42(32-18-20-33(50-2)21-19-32)26-37(44)41(25-29-14-16-30(39)17-15-29)36(23-28-9-5-3-6-10-28)38(45)40-31-11-7-4-8-12-31/h3,5-6,9-10,13-22,24,31,36H,4,7-8,11-12,23,25-26H2,1-2H3,(H,40,45). The van der Waals surface area contributed by atoms with Gasteiger partial charge in [0.1, 0.15) is 18.3 Å². The molecule has 1 saturated carbocycles. The SMILES string of the molecule is COc1ccc(N(CC(=O)N(Cc2ccc(Cl)cc2)C(Cc2ccccc2)C(=O)NC2CCCCC2)S(=O)(=O)c2ccc(C)c([N+](=O)[O-])c2)cc1. The van der Waals surface area contributed by atoms with Gasteiger partial charge in [0, 0.05) is 35.7 Å². The highest BCUT2D eigenvalue weighted by Gasteiger charge is 2.36. The Balaban J connectivity index is 1.59. The molecule has 51 heavy (non-hydrogen) atoms. The largest absolute Gasteiger partial charge is 0.497 e. The smallest absolute Gasteiger partial charge is 0.273 e. The predicted molar refractivity (Wildman–Crippen MR) is 196 cm³/mol. The van der Waals surface area contributed by atoms with Crippen LogP contribution in [-0.2, 0) is 32.6 Å². The summed E-state index contributed by atoms with van der Waals surface area (Å²) in [5, 5.41) is 15.5. The minimum absolute atomic E-state index is 0.0158. The Morgan fingerprint density at radius 1 is 0.941 bits per heavy atom. The molecule has 1 aliphatic rings. The number of carbonyl (C=O) groups is 2. The Hall–Kier alpha value is -4.94. The van der Waals surface area contributed by atoms with E-state index in [1.165, 1.54) is 43.2 Å². The Morgan fingerprint density at radius 3 is 2.24 bits per heavy atom. The van der Waals surface area contributed by atoms with Gasteiger partial charge < -0.3 is 15.0 Å². The number of sulfonamides is 1. The van der Waals surface area contributed by atoms with Gasteiger partial charge in [0.15, 0.2) is 0 Å². The van der Waals surface area contributed by atoms with Crippen LogP contribution in [-0.4, -0.2) is 55.8 Å². The molecule has 0 aliphatic heterocycles. The van der Waals surface area contributed by atoms with Gasteiger partial charge in [-0.1, -0.05) is 79.4 Å². The molecule has 4 aromatic carbocycles. The number of methoxy groups -OCH3 is 1. The molecule has 1 atom stereocenters. The van der Waals surface area contributed by atoms with Crippen molar-refractivity contribution in [3.63, 3.8) is 0 Å². The van der Waals surface area contributed by atoms with E-state index >= 15 is 0 Å². The van der Waals surface area contributed by atoms with Crippen LogP contribution in [0.2, 0.25) is 5.02 Å². The molecule has 4 aromatic rings. The fourth-order valence-electron chi connectivity index (χ4n) is 6.24. The van der Waals surface area contributed by atoms with E-state index in [0.29, 0.717) is 16.3 Å². The molecule has 0 bridgehead atoms. The predicted octanol–water partition coefficient (Wildman–Crippen LogP) is 6.85. The monoisotopic (exact) mass is 732 g/mol. The summed E-state index contributed by atoms with van der Waals surface area (Å²) < 4.78 is 35.0. The van der Waals surface area contributed by atoms with Crippen LogP contribution < -0.4 is 14.4 Å². The molecule has 0 spiro atoms. The average molecular weight is 733 g/mol. The first-order chi connectivity index (χ1) is 24.5. The number of carbonyl (C=O) groups excluding carboxylic acids is 2. The molecule has 268 valence electrons. The lowest BCUT2D eigenvalue weighted by Gasteiger charge is -2.35. The van der Waals surface area contributed by atoms with Crippen LogP contribution in [0, 0.1) is 17.0 Å². The lowest BCUT2D eigenvalue weighted by atomic mass is 9.94. The molecular formula is C38H41ClN4O7S. The second kappa shape index (κ2) is 16.8. The molecule has 5 rings (SSSR count). The number of halogens is 1. The molecule has 1 fully saturated rings. The summed E-state index contributed by atoms with van der Waals surface area (Å²) in [5.74, 6) is -0.521. The van der Waals surface area contributed by atoms with Gasteiger partial charge in [-0.15, -0.1) is 0 Å². The maximum Gasteiger partial charge on any atom is 0.273 e. The van der Waals surface area contributed by atoms with Gasteiger partial charge in [0.25, 0.3) is 15.7 Å². The number of nitrogens with one attached hydrogen (secondary N) is 1. The Kier molecular flexibility index (Phi) is 12.3. The summed E-state index contributed by atoms with van der Waals surface area (Å²) in [4.78, 5) is 41.2. The normalized spacial score (nSPS) is 13.9. The van der Waals surface area contributed by atoms with Crippen LogP contribution in [0.15, 0.2) is 102 Å². The number of ether oxygens (including phenoxy) is 1. The third-order valence-corrected chi connectivity index (χ3v) is 11.1. The minimum atomic E-state index is -4.56. The number of anilines is 1. The number of amides is 2. The van der Waals surface area contributed by atoms with Crippen molar-refractivity contribution in [3.8, 4) is 5.75 Å². The fourth-order valence-corrected chi connectivity index (χ4v) is 7.80. The molecule has 1 N–H and O–H groups in total. The molecule has 11 nitrogen and oxygen atoms in total. The summed E-state index contributed by atoms with van der Waals surface area (Å²) in [7, 11) is -3.09. The van der Waals surface area contributed by atoms with Crippen molar-refractivity contribution >= 4 is 44.8 Å². The van der Waals surface area contributed by atoms with E-state index in [2.05, 4.69) is 5.32 Å². The first kappa shape index (κ1) is 37.3. The molecule has 1 aliphatic carbocycles. The zero-order valence-electron chi connectivity index (χ0n) is 28.5. The number of nitrogens with zero attached hydrogens (tertiary/aromatic N) is 3. The molecule has 13 heteroatoms. The highest BCUT2D eigenvalue weighted by Crippen LogP contribution is 2.30. The van der Waals surface area contributed by atoms with Crippen molar-refractivity contribution in [1.82, 2.24) is 10.2 Å². The third kappa shape index (κ3) is 9.44. The second-order valence-corrected chi connectivity index (χ2v) is 14.9. The van der Waals surface area contributed by atoms with Crippen LogP contribution in [0.5, 0.6) is 5.75 Å². The number of benzene rings is 4. The molecule has 1 unspecified atom stereocenters. The topological polar surface area (TPSA) is 139 Å². The number of aryl methyl sites for hydroxylation is 1. The van der Waals surface area contributed by atoms with Gasteiger partial charge in [0.05, 0.1) is 22.6 Å². The maximum atomic E-state index is 14.7. The van der Waals surface area contributed by atoms with Gasteiger partial charge >= 0.3 is 0 Å². The number of rotatable bonds is 14. The van der Waals surface area contributed by atoms with Gasteiger partial charge in [0.2, 0.25) is 11.8 Å². The van der Waals surface area contributed by atoms with E-state index in [1.54, 1.807) is 36.4 Å². The van der Waals surface area contributed by atoms with Gasteiger partial charge in [-0.3, -0.25) is 24.0 Å². The van der Waals surface area contributed by atoms with Crippen molar-refractivity contribution in [1.29, 1.82) is 0 Å². The van der Waals surface area contributed by atoms with Gasteiger partial charge in [-0.25, -0.2) is 8.42 Å². The fraction of sp³-hybridized carbons (Fsp3) is 0.316. The molecule has 0 heterocycles.